The van der Waals surface area contributed by atoms with Gasteiger partial charge in [-0.25, -0.2) is 21.6 Å². The zero-order valence-corrected chi connectivity index (χ0v) is 13.7. The second-order valence-electron chi connectivity index (χ2n) is 5.46. The number of rotatable bonds is 5. The summed E-state index contributed by atoms with van der Waals surface area (Å²) in [6, 6.07) is 4.29. The first-order valence-electron chi connectivity index (χ1n) is 6.74. The van der Waals surface area contributed by atoms with E-state index in [1.54, 1.807) is 18.2 Å². The van der Waals surface area contributed by atoms with Gasteiger partial charge in [0.2, 0.25) is 10.0 Å². The summed E-state index contributed by atoms with van der Waals surface area (Å²) in [5.74, 6) is -0.227. The summed E-state index contributed by atoms with van der Waals surface area (Å²) in [5.41, 5.74) is 1.93. The molecule has 0 radical (unpaired) electrons. The van der Waals surface area contributed by atoms with E-state index < -0.39 is 25.9 Å². The Morgan fingerprint density at radius 3 is 2.67 bits per heavy atom. The van der Waals surface area contributed by atoms with Crippen LogP contribution < -0.4 is 10.0 Å². The minimum atomic E-state index is -3.72. The van der Waals surface area contributed by atoms with E-state index in [9.17, 15) is 16.8 Å². The van der Waals surface area contributed by atoms with E-state index in [0.717, 1.165) is 36.9 Å². The van der Waals surface area contributed by atoms with Crippen LogP contribution in [0.3, 0.4) is 0 Å². The lowest BCUT2D eigenvalue weighted by atomic mass is 10.0. The van der Waals surface area contributed by atoms with Crippen molar-refractivity contribution in [3.8, 4) is 0 Å². The van der Waals surface area contributed by atoms with Crippen LogP contribution in [0.4, 0.5) is 5.69 Å². The number of anilines is 1. The van der Waals surface area contributed by atoms with E-state index in [-0.39, 0.29) is 10.6 Å². The van der Waals surface area contributed by atoms with Gasteiger partial charge in [0.1, 0.15) is 9.84 Å². The summed E-state index contributed by atoms with van der Waals surface area (Å²) in [4.78, 5) is 0.149. The standard InChI is InChI=1S/C13H20N2O4S2/c1-10(9-20(2,16)17)15-21(18,19)12-6-5-11-4-3-7-14-13(11)8-12/h5-6,8,10,14-15H,3-4,7,9H2,1-2H3. The van der Waals surface area contributed by atoms with Crippen molar-refractivity contribution in [1.29, 1.82) is 0 Å². The molecule has 0 saturated heterocycles. The fraction of sp³-hybridized carbons (Fsp3) is 0.538. The van der Waals surface area contributed by atoms with Crippen LogP contribution in [0.15, 0.2) is 23.1 Å². The molecule has 0 spiro atoms. The molecule has 1 atom stereocenters. The predicted molar refractivity (Wildman–Crippen MR) is 82.7 cm³/mol. The number of hydrogen-bond acceptors (Lipinski definition) is 5. The van der Waals surface area contributed by atoms with Crippen molar-refractivity contribution in [3.63, 3.8) is 0 Å². The minimum absolute atomic E-state index is 0.149. The maximum atomic E-state index is 12.3. The average molecular weight is 332 g/mol. The Morgan fingerprint density at radius 2 is 2.00 bits per heavy atom. The number of sulfone groups is 1. The van der Waals surface area contributed by atoms with Crippen LogP contribution in [-0.4, -0.2) is 41.4 Å². The van der Waals surface area contributed by atoms with Gasteiger partial charge in [0, 0.05) is 24.5 Å². The fourth-order valence-corrected chi connectivity index (χ4v) is 4.79. The minimum Gasteiger partial charge on any atom is -0.385 e. The Morgan fingerprint density at radius 1 is 1.29 bits per heavy atom. The molecule has 118 valence electrons. The van der Waals surface area contributed by atoms with Crippen molar-refractivity contribution >= 4 is 25.5 Å². The van der Waals surface area contributed by atoms with Crippen LogP contribution in [-0.2, 0) is 26.3 Å². The second-order valence-corrected chi connectivity index (χ2v) is 9.36. The normalized spacial score (nSPS) is 16.9. The van der Waals surface area contributed by atoms with Crippen LogP contribution in [0.2, 0.25) is 0 Å². The van der Waals surface area contributed by atoms with E-state index in [0.29, 0.717) is 0 Å². The summed E-state index contributed by atoms with van der Waals surface area (Å²) in [5, 5.41) is 3.18. The third-order valence-electron chi connectivity index (χ3n) is 3.24. The van der Waals surface area contributed by atoms with E-state index in [1.165, 1.54) is 6.92 Å². The van der Waals surface area contributed by atoms with E-state index in [4.69, 9.17) is 0 Å². The van der Waals surface area contributed by atoms with Gasteiger partial charge in [-0.2, -0.15) is 0 Å². The highest BCUT2D eigenvalue weighted by molar-refractivity contribution is 7.91. The highest BCUT2D eigenvalue weighted by atomic mass is 32.2. The summed E-state index contributed by atoms with van der Waals surface area (Å²) >= 11 is 0. The van der Waals surface area contributed by atoms with Gasteiger partial charge < -0.3 is 5.32 Å². The Hall–Kier alpha value is -1.12. The molecule has 1 unspecified atom stereocenters. The van der Waals surface area contributed by atoms with Crippen LogP contribution in [0, 0.1) is 0 Å². The molecule has 1 aromatic carbocycles. The third-order valence-corrected chi connectivity index (χ3v) is 5.93. The van der Waals surface area contributed by atoms with Crippen LogP contribution in [0.5, 0.6) is 0 Å². The maximum Gasteiger partial charge on any atom is 0.240 e. The number of nitrogens with one attached hydrogen (secondary N) is 2. The summed E-state index contributed by atoms with van der Waals surface area (Å²) in [6.45, 7) is 2.36. The molecule has 21 heavy (non-hydrogen) atoms. The van der Waals surface area contributed by atoms with Gasteiger partial charge in [0.05, 0.1) is 10.6 Å². The Balaban J connectivity index is 2.20. The summed E-state index contributed by atoms with van der Waals surface area (Å²) in [6.07, 6.45) is 3.05. The number of aryl methyl sites for hydroxylation is 1. The first-order chi connectivity index (χ1) is 9.67. The molecule has 1 aliphatic heterocycles. The van der Waals surface area contributed by atoms with E-state index in [2.05, 4.69) is 10.0 Å². The quantitative estimate of drug-likeness (QED) is 0.830. The van der Waals surface area contributed by atoms with Crippen LogP contribution in [0.25, 0.3) is 0 Å². The van der Waals surface area contributed by atoms with Gasteiger partial charge in [-0.15, -0.1) is 0 Å². The van der Waals surface area contributed by atoms with Gasteiger partial charge in [0.25, 0.3) is 0 Å². The molecular formula is C13H20N2O4S2. The SMILES string of the molecule is CC(CS(C)(=O)=O)NS(=O)(=O)c1ccc2c(c1)NCCC2. The molecule has 6 nitrogen and oxygen atoms in total. The number of benzene rings is 1. The second kappa shape index (κ2) is 5.94. The van der Waals surface area contributed by atoms with Gasteiger partial charge in [-0.05, 0) is 37.5 Å². The molecule has 0 bridgehead atoms. The first kappa shape index (κ1) is 16.3. The Bertz CT molecular complexity index is 727. The third kappa shape index (κ3) is 4.42. The Kier molecular flexibility index (Phi) is 4.60. The zero-order valence-electron chi connectivity index (χ0n) is 12.1. The Labute approximate surface area is 125 Å². The molecule has 0 fully saturated rings. The molecular weight excluding hydrogens is 312 g/mol. The van der Waals surface area contributed by atoms with Crippen LogP contribution in [0.1, 0.15) is 18.9 Å². The molecule has 1 heterocycles. The topological polar surface area (TPSA) is 92.3 Å². The lowest BCUT2D eigenvalue weighted by molar-refractivity contribution is 0.564. The molecule has 0 aromatic heterocycles. The van der Waals surface area contributed by atoms with Gasteiger partial charge in [-0.1, -0.05) is 6.07 Å². The number of sulfonamides is 1. The highest BCUT2D eigenvalue weighted by Crippen LogP contribution is 2.25. The van der Waals surface area contributed by atoms with Gasteiger partial charge >= 0.3 is 0 Å². The lowest BCUT2D eigenvalue weighted by Gasteiger charge is -2.19. The monoisotopic (exact) mass is 332 g/mol. The van der Waals surface area contributed by atoms with E-state index in [1.807, 2.05) is 0 Å². The smallest absolute Gasteiger partial charge is 0.240 e. The molecule has 2 N–H and O–H groups in total. The van der Waals surface area contributed by atoms with Crippen molar-refractivity contribution < 1.29 is 16.8 Å². The molecule has 0 aliphatic carbocycles. The molecule has 2 rings (SSSR count). The van der Waals surface area contributed by atoms with Crippen molar-refractivity contribution in [2.24, 2.45) is 0 Å². The van der Waals surface area contributed by atoms with Crippen LogP contribution >= 0.6 is 0 Å². The van der Waals surface area contributed by atoms with Crippen molar-refractivity contribution in [1.82, 2.24) is 4.72 Å². The zero-order chi connectivity index (χ0) is 15.7. The largest absolute Gasteiger partial charge is 0.385 e. The molecule has 0 saturated carbocycles. The maximum absolute atomic E-state index is 12.3. The molecule has 1 aromatic rings. The van der Waals surface area contributed by atoms with E-state index >= 15 is 0 Å². The lowest BCUT2D eigenvalue weighted by Crippen LogP contribution is -2.37. The predicted octanol–water partition coefficient (Wildman–Crippen LogP) is 0.756. The first-order valence-corrected chi connectivity index (χ1v) is 10.3. The van der Waals surface area contributed by atoms with Gasteiger partial charge in [-0.3, -0.25) is 0 Å². The molecule has 0 amide bonds. The number of fused-ring (bicyclic) bond motifs is 1. The van der Waals surface area contributed by atoms with Gasteiger partial charge in [0.15, 0.2) is 0 Å². The summed E-state index contributed by atoms with van der Waals surface area (Å²) in [7, 11) is -6.95. The number of hydrogen-bond donors (Lipinski definition) is 2. The fourth-order valence-electron chi connectivity index (χ4n) is 2.43. The average Bonchev–Trinajstić information content (AvgIpc) is 2.35. The summed E-state index contributed by atoms with van der Waals surface area (Å²) < 4.78 is 49.4. The van der Waals surface area contributed by atoms with Crippen molar-refractivity contribution in [2.45, 2.75) is 30.7 Å². The molecule has 1 aliphatic rings. The highest BCUT2D eigenvalue weighted by Gasteiger charge is 2.21. The molecule has 8 heteroatoms. The van der Waals surface area contributed by atoms with Crippen molar-refractivity contribution in [2.75, 3.05) is 23.9 Å². The van der Waals surface area contributed by atoms with Crippen molar-refractivity contribution in [3.05, 3.63) is 23.8 Å².